The number of aliphatic hydroxyl groups is 1. The summed E-state index contributed by atoms with van der Waals surface area (Å²) in [6.07, 6.45) is 3.22. The van der Waals surface area contributed by atoms with E-state index in [9.17, 15) is 9.90 Å². The van der Waals surface area contributed by atoms with Gasteiger partial charge in [0.1, 0.15) is 0 Å². The van der Waals surface area contributed by atoms with E-state index in [1.165, 1.54) is 7.11 Å². The summed E-state index contributed by atoms with van der Waals surface area (Å²) in [4.78, 5) is 11.5. The quantitative estimate of drug-likeness (QED) is 0.838. The molecule has 2 rings (SSSR count). The van der Waals surface area contributed by atoms with Gasteiger partial charge in [-0.1, -0.05) is 11.6 Å². The Morgan fingerprint density at radius 3 is 2.68 bits per heavy atom. The standard InChI is InChI=1S/C14H18ClNO3/c1-19-14(18)9-2-7-12(15)13(8-9)16-10-3-5-11(17)6-4-10/h2,7-8,10-11,16-17H,3-6H2,1H3. The van der Waals surface area contributed by atoms with Crippen molar-refractivity contribution in [3.63, 3.8) is 0 Å². The summed E-state index contributed by atoms with van der Waals surface area (Å²) in [6, 6.07) is 5.32. The number of aliphatic hydroxyl groups excluding tert-OH is 1. The molecule has 0 spiro atoms. The summed E-state index contributed by atoms with van der Waals surface area (Å²) >= 11 is 6.13. The Bertz CT molecular complexity index is 456. The van der Waals surface area contributed by atoms with Crippen LogP contribution in [-0.2, 0) is 4.74 Å². The maximum atomic E-state index is 11.5. The van der Waals surface area contributed by atoms with Crippen molar-refractivity contribution < 1.29 is 14.6 Å². The van der Waals surface area contributed by atoms with Gasteiger partial charge < -0.3 is 15.2 Å². The molecule has 0 heterocycles. The van der Waals surface area contributed by atoms with E-state index in [0.29, 0.717) is 10.6 Å². The van der Waals surface area contributed by atoms with E-state index in [0.717, 1.165) is 31.4 Å². The van der Waals surface area contributed by atoms with E-state index < -0.39 is 0 Å². The van der Waals surface area contributed by atoms with Gasteiger partial charge in [0.25, 0.3) is 0 Å². The maximum absolute atomic E-state index is 11.5. The third-order valence-corrected chi connectivity index (χ3v) is 3.77. The minimum Gasteiger partial charge on any atom is -0.465 e. The maximum Gasteiger partial charge on any atom is 0.337 e. The van der Waals surface area contributed by atoms with Crippen molar-refractivity contribution in [2.24, 2.45) is 0 Å². The number of carbonyl (C=O) groups is 1. The molecule has 0 unspecified atom stereocenters. The zero-order valence-corrected chi connectivity index (χ0v) is 11.6. The number of hydrogen-bond acceptors (Lipinski definition) is 4. The molecule has 0 atom stereocenters. The van der Waals surface area contributed by atoms with Gasteiger partial charge in [-0.15, -0.1) is 0 Å². The summed E-state index contributed by atoms with van der Waals surface area (Å²) in [7, 11) is 1.35. The number of carbonyl (C=O) groups excluding carboxylic acids is 1. The third-order valence-electron chi connectivity index (χ3n) is 3.44. The van der Waals surface area contributed by atoms with E-state index in [1.807, 2.05) is 0 Å². The number of esters is 1. The first-order valence-corrected chi connectivity index (χ1v) is 6.80. The first-order chi connectivity index (χ1) is 9.10. The third kappa shape index (κ3) is 3.61. The van der Waals surface area contributed by atoms with Crippen molar-refractivity contribution in [1.29, 1.82) is 0 Å². The number of anilines is 1. The van der Waals surface area contributed by atoms with Crippen molar-refractivity contribution in [1.82, 2.24) is 0 Å². The van der Waals surface area contributed by atoms with Gasteiger partial charge in [-0.05, 0) is 43.9 Å². The summed E-state index contributed by atoms with van der Waals surface area (Å²) < 4.78 is 4.69. The van der Waals surface area contributed by atoms with E-state index in [2.05, 4.69) is 5.32 Å². The Morgan fingerprint density at radius 2 is 2.05 bits per heavy atom. The Kier molecular flexibility index (Phi) is 4.66. The Morgan fingerprint density at radius 1 is 1.37 bits per heavy atom. The van der Waals surface area contributed by atoms with Gasteiger partial charge >= 0.3 is 5.97 Å². The van der Waals surface area contributed by atoms with Crippen molar-refractivity contribution in [2.75, 3.05) is 12.4 Å². The molecule has 104 valence electrons. The molecular weight excluding hydrogens is 266 g/mol. The van der Waals surface area contributed by atoms with E-state index in [4.69, 9.17) is 16.3 Å². The molecule has 1 aliphatic rings. The van der Waals surface area contributed by atoms with Crippen LogP contribution in [0.3, 0.4) is 0 Å². The SMILES string of the molecule is COC(=O)c1ccc(Cl)c(NC2CCC(O)CC2)c1. The molecule has 0 saturated heterocycles. The minimum atomic E-state index is -0.376. The van der Waals surface area contributed by atoms with Crippen LogP contribution in [0.25, 0.3) is 0 Å². The van der Waals surface area contributed by atoms with Crippen molar-refractivity contribution in [3.8, 4) is 0 Å². The highest BCUT2D eigenvalue weighted by molar-refractivity contribution is 6.33. The molecule has 0 radical (unpaired) electrons. The van der Waals surface area contributed by atoms with Crippen LogP contribution in [0.5, 0.6) is 0 Å². The van der Waals surface area contributed by atoms with Crippen LogP contribution in [0.15, 0.2) is 18.2 Å². The van der Waals surface area contributed by atoms with Gasteiger partial charge in [0.2, 0.25) is 0 Å². The fourth-order valence-corrected chi connectivity index (χ4v) is 2.49. The zero-order chi connectivity index (χ0) is 13.8. The predicted molar refractivity (Wildman–Crippen MR) is 74.7 cm³/mol. The van der Waals surface area contributed by atoms with Gasteiger partial charge in [0, 0.05) is 6.04 Å². The lowest BCUT2D eigenvalue weighted by Gasteiger charge is -2.27. The minimum absolute atomic E-state index is 0.185. The van der Waals surface area contributed by atoms with Crippen LogP contribution in [0, 0.1) is 0 Å². The first-order valence-electron chi connectivity index (χ1n) is 6.42. The predicted octanol–water partition coefficient (Wildman–Crippen LogP) is 2.84. The molecule has 1 aliphatic carbocycles. The molecule has 19 heavy (non-hydrogen) atoms. The van der Waals surface area contributed by atoms with Gasteiger partial charge in [-0.2, -0.15) is 0 Å². The fourth-order valence-electron chi connectivity index (χ4n) is 2.32. The smallest absolute Gasteiger partial charge is 0.337 e. The number of rotatable bonds is 3. The summed E-state index contributed by atoms with van der Waals surface area (Å²) in [5.74, 6) is -0.376. The molecule has 1 saturated carbocycles. The van der Waals surface area contributed by atoms with Crippen LogP contribution >= 0.6 is 11.6 Å². The molecule has 2 N–H and O–H groups in total. The number of halogens is 1. The monoisotopic (exact) mass is 283 g/mol. The second-order valence-electron chi connectivity index (χ2n) is 4.84. The van der Waals surface area contributed by atoms with Crippen LogP contribution < -0.4 is 5.32 Å². The van der Waals surface area contributed by atoms with E-state index >= 15 is 0 Å². The topological polar surface area (TPSA) is 58.6 Å². The number of methoxy groups -OCH3 is 1. The largest absolute Gasteiger partial charge is 0.465 e. The molecule has 1 aromatic carbocycles. The zero-order valence-electron chi connectivity index (χ0n) is 10.9. The van der Waals surface area contributed by atoms with E-state index in [1.54, 1.807) is 18.2 Å². The number of hydrogen-bond donors (Lipinski definition) is 2. The molecular formula is C14H18ClNO3. The van der Waals surface area contributed by atoms with E-state index in [-0.39, 0.29) is 18.1 Å². The summed E-state index contributed by atoms with van der Waals surface area (Å²) in [5, 5.41) is 13.4. The number of benzene rings is 1. The van der Waals surface area contributed by atoms with Crippen LogP contribution in [0.4, 0.5) is 5.69 Å². The molecule has 1 aromatic rings. The summed E-state index contributed by atoms with van der Waals surface area (Å²) in [6.45, 7) is 0. The average Bonchev–Trinajstić information content (AvgIpc) is 2.43. The molecule has 1 fully saturated rings. The van der Waals surface area contributed by atoms with Gasteiger partial charge in [-0.25, -0.2) is 4.79 Å². The lowest BCUT2D eigenvalue weighted by Crippen LogP contribution is -2.28. The Labute approximate surface area is 117 Å². The molecule has 4 nitrogen and oxygen atoms in total. The van der Waals surface area contributed by atoms with Crippen LogP contribution in [0.1, 0.15) is 36.0 Å². The molecule has 0 aliphatic heterocycles. The lowest BCUT2D eigenvalue weighted by molar-refractivity contribution is 0.0601. The normalized spacial score (nSPS) is 22.9. The molecule has 5 heteroatoms. The molecule has 0 aromatic heterocycles. The van der Waals surface area contributed by atoms with Crippen LogP contribution in [0.2, 0.25) is 5.02 Å². The lowest BCUT2D eigenvalue weighted by atomic mass is 9.93. The van der Waals surface area contributed by atoms with Gasteiger partial charge in [-0.3, -0.25) is 0 Å². The Balaban J connectivity index is 2.08. The van der Waals surface area contributed by atoms with Crippen LogP contribution in [-0.4, -0.2) is 30.3 Å². The first kappa shape index (κ1) is 14.2. The van der Waals surface area contributed by atoms with Crippen molar-refractivity contribution >= 4 is 23.3 Å². The second kappa shape index (κ2) is 6.26. The highest BCUT2D eigenvalue weighted by atomic mass is 35.5. The fraction of sp³-hybridized carbons (Fsp3) is 0.500. The van der Waals surface area contributed by atoms with Crippen molar-refractivity contribution in [3.05, 3.63) is 28.8 Å². The number of ether oxygens (including phenoxy) is 1. The summed E-state index contributed by atoms with van der Waals surface area (Å²) in [5.41, 5.74) is 1.22. The van der Waals surface area contributed by atoms with Crippen molar-refractivity contribution in [2.45, 2.75) is 37.8 Å². The average molecular weight is 284 g/mol. The highest BCUT2D eigenvalue weighted by Crippen LogP contribution is 2.28. The Hall–Kier alpha value is -1.26. The van der Waals surface area contributed by atoms with Gasteiger partial charge in [0.15, 0.2) is 0 Å². The number of nitrogens with one attached hydrogen (secondary N) is 1. The molecule has 0 bridgehead atoms. The highest BCUT2D eigenvalue weighted by Gasteiger charge is 2.20. The molecule has 0 amide bonds. The second-order valence-corrected chi connectivity index (χ2v) is 5.24. The van der Waals surface area contributed by atoms with Gasteiger partial charge in [0.05, 0.1) is 29.5 Å².